The first-order chi connectivity index (χ1) is 19.1. The fraction of sp³-hybridized carbons (Fsp3) is 0.360. The number of rotatable bonds is 15. The highest BCUT2D eigenvalue weighted by Crippen LogP contribution is 2.19. The van der Waals surface area contributed by atoms with Crippen molar-refractivity contribution in [3.63, 3.8) is 0 Å². The smallest absolute Gasteiger partial charge is 0.322 e. The van der Waals surface area contributed by atoms with Gasteiger partial charge in [0.25, 0.3) is 0 Å². The Labute approximate surface area is 229 Å². The van der Waals surface area contributed by atoms with Gasteiger partial charge in [-0.3, -0.25) is 24.2 Å². The van der Waals surface area contributed by atoms with Crippen LogP contribution in [0.1, 0.15) is 24.1 Å². The number of para-hydroxylation sites is 1. The molecular weight excluding hydrogens is 520 g/mol. The van der Waals surface area contributed by atoms with Crippen molar-refractivity contribution in [3.05, 3.63) is 54.2 Å². The number of carboxylic acid groups (broad SMARTS) is 1. The maximum atomic E-state index is 13.5. The number of carbonyl (C=O) groups is 4. The number of amides is 3. The number of fused-ring (bicyclic) bond motifs is 1. The molecular formula is C25H34N10O5. The molecule has 0 saturated carbocycles. The van der Waals surface area contributed by atoms with E-state index in [0.717, 1.165) is 16.5 Å². The van der Waals surface area contributed by atoms with Gasteiger partial charge in [-0.1, -0.05) is 18.2 Å². The number of carbonyl (C=O) groups excluding carboxylic acids is 3. The Morgan fingerprint density at radius 2 is 1.75 bits per heavy atom. The molecule has 3 atom stereocenters. The van der Waals surface area contributed by atoms with Crippen LogP contribution in [0.2, 0.25) is 0 Å². The summed E-state index contributed by atoms with van der Waals surface area (Å²) in [6.07, 6.45) is 5.45. The molecule has 3 aromatic rings. The van der Waals surface area contributed by atoms with Crippen LogP contribution in [0.4, 0.5) is 0 Å². The fourth-order valence-electron chi connectivity index (χ4n) is 4.07. The summed E-state index contributed by atoms with van der Waals surface area (Å²) in [7, 11) is 0. The number of benzene rings is 1. The molecule has 0 fully saturated rings. The number of nitrogens with one attached hydrogen (secondary N) is 5. The highest BCUT2D eigenvalue weighted by atomic mass is 16.4. The highest BCUT2D eigenvalue weighted by molar-refractivity contribution is 5.94. The predicted molar refractivity (Wildman–Crippen MR) is 147 cm³/mol. The minimum Gasteiger partial charge on any atom is -0.480 e. The zero-order chi connectivity index (χ0) is 29.1. The second kappa shape index (κ2) is 14.3. The maximum absolute atomic E-state index is 13.5. The SMILES string of the molecule is NC(N)=NCCCC(NC(=O)C(Cc1c[nH]c2ccccc12)NC(=O)C(N)Cc1cnc[nH]1)C(=O)NCC(=O)O. The van der Waals surface area contributed by atoms with Crippen molar-refractivity contribution in [1.82, 2.24) is 30.9 Å². The molecule has 214 valence electrons. The fourth-order valence-corrected chi connectivity index (χ4v) is 4.07. The Balaban J connectivity index is 1.79. The van der Waals surface area contributed by atoms with Crippen molar-refractivity contribution >= 4 is 40.6 Å². The van der Waals surface area contributed by atoms with Crippen LogP contribution in [0.5, 0.6) is 0 Å². The number of aliphatic carboxylic acids is 1. The summed E-state index contributed by atoms with van der Waals surface area (Å²) in [5.41, 5.74) is 19.0. The van der Waals surface area contributed by atoms with Crippen LogP contribution in [-0.2, 0) is 32.0 Å². The van der Waals surface area contributed by atoms with Gasteiger partial charge < -0.3 is 48.2 Å². The van der Waals surface area contributed by atoms with Crippen molar-refractivity contribution in [1.29, 1.82) is 0 Å². The molecule has 0 bridgehead atoms. The molecule has 3 unspecified atom stereocenters. The van der Waals surface area contributed by atoms with E-state index >= 15 is 0 Å². The first-order valence-corrected chi connectivity index (χ1v) is 12.6. The molecule has 12 N–H and O–H groups in total. The van der Waals surface area contributed by atoms with Gasteiger partial charge in [0.1, 0.15) is 18.6 Å². The van der Waals surface area contributed by atoms with E-state index in [1.165, 1.54) is 6.33 Å². The second-order valence-corrected chi connectivity index (χ2v) is 9.13. The number of imidazole rings is 1. The summed E-state index contributed by atoms with van der Waals surface area (Å²) in [6.45, 7) is -0.435. The number of aliphatic imine (C=N–C) groups is 1. The number of nitrogens with zero attached hydrogens (tertiary/aromatic N) is 2. The third-order valence-electron chi connectivity index (χ3n) is 6.06. The van der Waals surface area contributed by atoms with Gasteiger partial charge in [-0.2, -0.15) is 0 Å². The van der Waals surface area contributed by atoms with Crippen LogP contribution in [0.3, 0.4) is 0 Å². The van der Waals surface area contributed by atoms with Gasteiger partial charge in [0.15, 0.2) is 5.96 Å². The lowest BCUT2D eigenvalue weighted by atomic mass is 10.0. The quantitative estimate of drug-likeness (QED) is 0.0584. The minimum absolute atomic E-state index is 0.0931. The number of aromatic amines is 2. The van der Waals surface area contributed by atoms with Gasteiger partial charge >= 0.3 is 5.97 Å². The first kappa shape index (κ1) is 29.6. The Morgan fingerprint density at radius 1 is 1.00 bits per heavy atom. The van der Waals surface area contributed by atoms with Crippen LogP contribution in [-0.4, -0.2) is 80.9 Å². The monoisotopic (exact) mass is 554 g/mol. The number of nitrogens with two attached hydrogens (primary N) is 3. The van der Waals surface area contributed by atoms with Gasteiger partial charge in [-0.25, -0.2) is 4.98 Å². The summed E-state index contributed by atoms with van der Waals surface area (Å²) in [5.74, 6) is -3.29. The molecule has 2 aromatic heterocycles. The summed E-state index contributed by atoms with van der Waals surface area (Å²) in [6, 6.07) is 4.29. The van der Waals surface area contributed by atoms with Crippen molar-refractivity contribution < 1.29 is 24.3 Å². The Bertz CT molecular complexity index is 1330. The normalized spacial score (nSPS) is 13.1. The molecule has 3 amide bonds. The molecule has 3 rings (SSSR count). The molecule has 2 heterocycles. The molecule has 0 aliphatic rings. The van der Waals surface area contributed by atoms with E-state index in [-0.39, 0.29) is 31.8 Å². The highest BCUT2D eigenvalue weighted by Gasteiger charge is 2.29. The number of guanidine groups is 1. The number of hydrogen-bond acceptors (Lipinski definition) is 7. The van der Waals surface area contributed by atoms with E-state index in [2.05, 4.69) is 35.9 Å². The molecule has 0 saturated heterocycles. The predicted octanol–water partition coefficient (Wildman–Crippen LogP) is -1.77. The van der Waals surface area contributed by atoms with Crippen LogP contribution in [0, 0.1) is 0 Å². The number of H-pyrrole nitrogens is 2. The van der Waals surface area contributed by atoms with Crippen LogP contribution in [0.25, 0.3) is 10.9 Å². The molecule has 1 aromatic carbocycles. The van der Waals surface area contributed by atoms with E-state index < -0.39 is 48.4 Å². The van der Waals surface area contributed by atoms with E-state index in [1.807, 2.05) is 24.3 Å². The molecule has 0 radical (unpaired) electrons. The lowest BCUT2D eigenvalue weighted by Gasteiger charge is -2.24. The Morgan fingerprint density at radius 3 is 2.45 bits per heavy atom. The minimum atomic E-state index is -1.24. The van der Waals surface area contributed by atoms with Gasteiger partial charge in [0.05, 0.1) is 12.4 Å². The maximum Gasteiger partial charge on any atom is 0.322 e. The van der Waals surface area contributed by atoms with E-state index in [4.69, 9.17) is 22.3 Å². The molecule has 0 aliphatic carbocycles. The first-order valence-electron chi connectivity index (χ1n) is 12.6. The lowest BCUT2D eigenvalue weighted by molar-refractivity contribution is -0.138. The largest absolute Gasteiger partial charge is 0.480 e. The third kappa shape index (κ3) is 8.83. The van der Waals surface area contributed by atoms with Gasteiger partial charge in [0, 0.05) is 48.4 Å². The molecule has 0 aliphatic heterocycles. The van der Waals surface area contributed by atoms with Crippen molar-refractivity contribution in [2.24, 2.45) is 22.2 Å². The van der Waals surface area contributed by atoms with E-state index in [0.29, 0.717) is 12.1 Å². The average molecular weight is 555 g/mol. The molecule has 15 heteroatoms. The number of aromatic nitrogens is 3. The zero-order valence-corrected chi connectivity index (χ0v) is 21.7. The number of hydrogen-bond donors (Lipinski definition) is 9. The van der Waals surface area contributed by atoms with Crippen LogP contribution >= 0.6 is 0 Å². The summed E-state index contributed by atoms with van der Waals surface area (Å²) in [4.78, 5) is 64.0. The Hall–Kier alpha value is -4.92. The Kier molecular flexibility index (Phi) is 10.6. The van der Waals surface area contributed by atoms with E-state index in [1.54, 1.807) is 12.4 Å². The standard InChI is InChI=1S/C25H34N10O5/c26-17(9-15-11-29-13-33-15)22(38)35-20(8-14-10-31-18-5-2-1-4-16(14)18)24(40)34-19(6-3-7-30-25(27)28)23(39)32-12-21(36)37/h1-2,4-5,10-11,13,17,19-20,31H,3,6-9,12,26H2,(H,29,33)(H,32,39)(H,34,40)(H,35,38)(H,36,37)(H4,27,28,30). The molecule has 0 spiro atoms. The van der Waals surface area contributed by atoms with Gasteiger partial charge in [0.2, 0.25) is 17.7 Å². The average Bonchev–Trinajstić information content (AvgIpc) is 3.58. The van der Waals surface area contributed by atoms with Crippen molar-refractivity contribution in [3.8, 4) is 0 Å². The number of carboxylic acids is 1. The summed E-state index contributed by atoms with van der Waals surface area (Å²) in [5, 5.41) is 17.4. The van der Waals surface area contributed by atoms with Gasteiger partial charge in [-0.05, 0) is 24.5 Å². The van der Waals surface area contributed by atoms with Crippen LogP contribution in [0.15, 0.2) is 48.0 Å². The second-order valence-electron chi connectivity index (χ2n) is 9.13. The van der Waals surface area contributed by atoms with Gasteiger partial charge in [-0.15, -0.1) is 0 Å². The van der Waals surface area contributed by atoms with Crippen LogP contribution < -0.4 is 33.2 Å². The third-order valence-corrected chi connectivity index (χ3v) is 6.06. The van der Waals surface area contributed by atoms with Crippen molar-refractivity contribution in [2.45, 2.75) is 43.8 Å². The molecule has 15 nitrogen and oxygen atoms in total. The lowest BCUT2D eigenvalue weighted by Crippen LogP contribution is -2.57. The van der Waals surface area contributed by atoms with E-state index in [9.17, 15) is 19.2 Å². The summed E-state index contributed by atoms with van der Waals surface area (Å²) >= 11 is 0. The topological polar surface area (TPSA) is 259 Å². The zero-order valence-electron chi connectivity index (χ0n) is 21.7. The molecule has 40 heavy (non-hydrogen) atoms. The van der Waals surface area contributed by atoms with Crippen molar-refractivity contribution in [2.75, 3.05) is 13.1 Å². The summed E-state index contributed by atoms with van der Waals surface area (Å²) < 4.78 is 0.